The number of fused-ring (bicyclic) bond motifs is 1. The van der Waals surface area contributed by atoms with Crippen LogP contribution in [0.2, 0.25) is 0 Å². The molecule has 6 heteroatoms. The molecule has 0 spiro atoms. The van der Waals surface area contributed by atoms with Crippen molar-refractivity contribution in [3.05, 3.63) is 41.3 Å². The van der Waals surface area contributed by atoms with Crippen molar-refractivity contribution in [3.8, 4) is 0 Å². The fourth-order valence-corrected chi connectivity index (χ4v) is 5.18. The van der Waals surface area contributed by atoms with E-state index < -0.39 is 0 Å². The lowest BCUT2D eigenvalue weighted by molar-refractivity contribution is 0.324. The summed E-state index contributed by atoms with van der Waals surface area (Å²) in [4.78, 5) is 19.6. The number of rotatable bonds is 5. The average molecular weight is 407 g/mol. The maximum atomic E-state index is 5.10. The Morgan fingerprint density at radius 1 is 0.933 bits per heavy atom. The Hall–Kier alpha value is -2.21. The van der Waals surface area contributed by atoms with Crippen LogP contribution in [0.15, 0.2) is 24.4 Å². The molecule has 6 nitrogen and oxygen atoms in total. The summed E-state index contributed by atoms with van der Waals surface area (Å²) in [6.07, 6.45) is 13.1. The van der Waals surface area contributed by atoms with Crippen LogP contribution in [-0.4, -0.2) is 52.1 Å². The Morgan fingerprint density at radius 2 is 1.80 bits per heavy atom. The minimum atomic E-state index is 0.410. The van der Waals surface area contributed by atoms with Gasteiger partial charge in [-0.3, -0.25) is 9.88 Å². The SMILES string of the molecule is c1ccc(CN2CC[C@@H](Nc3nc4c(c(N5CCCCCC5)n3)CCCC4)C2)nc1. The van der Waals surface area contributed by atoms with Crippen molar-refractivity contribution in [1.82, 2.24) is 19.9 Å². The second kappa shape index (κ2) is 9.29. The summed E-state index contributed by atoms with van der Waals surface area (Å²) in [5, 5.41) is 3.69. The summed E-state index contributed by atoms with van der Waals surface area (Å²) < 4.78 is 0. The molecule has 0 saturated carbocycles. The first-order valence-corrected chi connectivity index (χ1v) is 11.9. The lowest BCUT2D eigenvalue weighted by Gasteiger charge is -2.28. The number of hydrogen-bond acceptors (Lipinski definition) is 6. The Kier molecular flexibility index (Phi) is 6.11. The zero-order valence-electron chi connectivity index (χ0n) is 18.0. The Morgan fingerprint density at radius 3 is 2.63 bits per heavy atom. The van der Waals surface area contributed by atoms with Gasteiger partial charge < -0.3 is 10.2 Å². The van der Waals surface area contributed by atoms with Crippen molar-refractivity contribution in [2.45, 2.75) is 70.4 Å². The normalized spacial score (nSPS) is 22.5. The van der Waals surface area contributed by atoms with Crippen LogP contribution < -0.4 is 10.2 Å². The van der Waals surface area contributed by atoms with Crippen molar-refractivity contribution < 1.29 is 0 Å². The third-order valence-electron chi connectivity index (χ3n) is 6.78. The average Bonchev–Trinajstić information content (AvgIpc) is 3.04. The summed E-state index contributed by atoms with van der Waals surface area (Å²) in [7, 11) is 0. The van der Waals surface area contributed by atoms with Crippen LogP contribution in [-0.2, 0) is 19.4 Å². The highest BCUT2D eigenvalue weighted by atomic mass is 15.3. The van der Waals surface area contributed by atoms with Crippen molar-refractivity contribution in [1.29, 1.82) is 0 Å². The molecule has 0 radical (unpaired) electrons. The number of likely N-dealkylation sites (tertiary alicyclic amines) is 1. The highest BCUT2D eigenvalue weighted by Crippen LogP contribution is 2.31. The number of hydrogen-bond donors (Lipinski definition) is 1. The molecular weight excluding hydrogens is 372 g/mol. The van der Waals surface area contributed by atoms with E-state index >= 15 is 0 Å². The molecule has 30 heavy (non-hydrogen) atoms. The van der Waals surface area contributed by atoms with E-state index in [1.807, 2.05) is 12.3 Å². The quantitative estimate of drug-likeness (QED) is 0.815. The van der Waals surface area contributed by atoms with E-state index in [2.05, 4.69) is 32.2 Å². The number of anilines is 2. The van der Waals surface area contributed by atoms with E-state index in [-0.39, 0.29) is 0 Å². The van der Waals surface area contributed by atoms with Gasteiger partial charge >= 0.3 is 0 Å². The third kappa shape index (κ3) is 4.59. The second-order valence-corrected chi connectivity index (χ2v) is 9.09. The summed E-state index contributed by atoms with van der Waals surface area (Å²) in [5.41, 5.74) is 3.87. The molecular formula is C24H34N6. The van der Waals surface area contributed by atoms with Gasteiger partial charge in [-0.05, 0) is 57.1 Å². The van der Waals surface area contributed by atoms with Crippen LogP contribution >= 0.6 is 0 Å². The molecule has 5 rings (SSSR count). The predicted molar refractivity (Wildman–Crippen MR) is 121 cm³/mol. The lowest BCUT2D eigenvalue weighted by atomic mass is 9.96. The molecule has 0 bridgehead atoms. The van der Waals surface area contributed by atoms with Gasteiger partial charge in [0.15, 0.2) is 0 Å². The standard InChI is InChI=1S/C24H34N6/c1-2-8-15-30(14-7-1)23-21-10-3-4-11-22(21)27-24(28-23)26-20-12-16-29(18-20)17-19-9-5-6-13-25-19/h5-6,9,13,20H,1-4,7-8,10-12,14-18H2,(H,26,27,28)/t20-/m1/s1. The summed E-state index contributed by atoms with van der Waals surface area (Å²) in [6, 6.07) is 6.57. The van der Waals surface area contributed by atoms with Crippen molar-refractivity contribution in [3.63, 3.8) is 0 Å². The fourth-order valence-electron chi connectivity index (χ4n) is 5.18. The molecule has 4 heterocycles. The topological polar surface area (TPSA) is 57.2 Å². The van der Waals surface area contributed by atoms with Gasteiger partial charge in [0.05, 0.1) is 11.4 Å². The zero-order chi connectivity index (χ0) is 20.2. The van der Waals surface area contributed by atoms with Crippen LogP contribution in [0.4, 0.5) is 11.8 Å². The molecule has 160 valence electrons. The number of pyridine rings is 1. The van der Waals surface area contributed by atoms with Crippen molar-refractivity contribution >= 4 is 11.8 Å². The minimum Gasteiger partial charge on any atom is -0.356 e. The number of nitrogens with one attached hydrogen (secondary N) is 1. The highest BCUT2D eigenvalue weighted by molar-refractivity contribution is 5.54. The number of aryl methyl sites for hydroxylation is 1. The molecule has 0 amide bonds. The van der Waals surface area contributed by atoms with Gasteiger partial charge in [-0.25, -0.2) is 4.98 Å². The van der Waals surface area contributed by atoms with Gasteiger partial charge in [-0.15, -0.1) is 0 Å². The first-order chi connectivity index (χ1) is 14.8. The van der Waals surface area contributed by atoms with Gasteiger partial charge in [0.1, 0.15) is 5.82 Å². The van der Waals surface area contributed by atoms with E-state index in [0.717, 1.165) is 63.6 Å². The Bertz CT molecular complexity index is 831. The van der Waals surface area contributed by atoms with E-state index in [9.17, 15) is 0 Å². The molecule has 0 aromatic carbocycles. The molecule has 2 aliphatic heterocycles. The van der Waals surface area contributed by atoms with Crippen LogP contribution in [0.5, 0.6) is 0 Å². The summed E-state index contributed by atoms with van der Waals surface area (Å²) >= 11 is 0. The number of nitrogens with zero attached hydrogens (tertiary/aromatic N) is 5. The summed E-state index contributed by atoms with van der Waals surface area (Å²) in [5.74, 6) is 2.08. The van der Waals surface area contributed by atoms with E-state index in [1.165, 1.54) is 55.6 Å². The minimum absolute atomic E-state index is 0.410. The van der Waals surface area contributed by atoms with Crippen molar-refractivity contribution in [2.24, 2.45) is 0 Å². The summed E-state index contributed by atoms with van der Waals surface area (Å²) in [6.45, 7) is 5.33. The molecule has 0 unspecified atom stereocenters. The molecule has 1 aliphatic carbocycles. The number of aromatic nitrogens is 3. The van der Waals surface area contributed by atoms with E-state index in [1.54, 1.807) is 0 Å². The maximum Gasteiger partial charge on any atom is 0.225 e. The van der Waals surface area contributed by atoms with Crippen LogP contribution in [0.3, 0.4) is 0 Å². The fraction of sp³-hybridized carbons (Fsp3) is 0.625. The van der Waals surface area contributed by atoms with Crippen LogP contribution in [0.25, 0.3) is 0 Å². The molecule has 3 aliphatic rings. The Labute approximate surface area is 180 Å². The smallest absolute Gasteiger partial charge is 0.225 e. The molecule has 1 N–H and O–H groups in total. The van der Waals surface area contributed by atoms with Crippen LogP contribution in [0, 0.1) is 0 Å². The first-order valence-electron chi connectivity index (χ1n) is 11.9. The van der Waals surface area contributed by atoms with E-state index in [4.69, 9.17) is 9.97 Å². The Balaban J connectivity index is 1.30. The second-order valence-electron chi connectivity index (χ2n) is 9.09. The van der Waals surface area contributed by atoms with E-state index in [0.29, 0.717) is 6.04 Å². The van der Waals surface area contributed by atoms with Gasteiger partial charge in [0.2, 0.25) is 5.95 Å². The molecule has 2 saturated heterocycles. The van der Waals surface area contributed by atoms with Crippen molar-refractivity contribution in [2.75, 3.05) is 36.4 Å². The molecule has 2 aromatic rings. The predicted octanol–water partition coefficient (Wildman–Crippen LogP) is 3.82. The van der Waals surface area contributed by atoms with Gasteiger partial charge in [-0.2, -0.15) is 4.98 Å². The van der Waals surface area contributed by atoms with Gasteiger partial charge in [-0.1, -0.05) is 18.9 Å². The zero-order valence-corrected chi connectivity index (χ0v) is 18.0. The largest absolute Gasteiger partial charge is 0.356 e. The van der Waals surface area contributed by atoms with Crippen LogP contribution in [0.1, 0.15) is 61.9 Å². The monoisotopic (exact) mass is 406 g/mol. The highest BCUT2D eigenvalue weighted by Gasteiger charge is 2.26. The maximum absolute atomic E-state index is 5.10. The van der Waals surface area contributed by atoms with Gasteiger partial charge in [0, 0.05) is 50.5 Å². The molecule has 2 fully saturated rings. The lowest BCUT2D eigenvalue weighted by Crippen LogP contribution is -2.30. The van der Waals surface area contributed by atoms with Gasteiger partial charge in [0.25, 0.3) is 0 Å². The first kappa shape index (κ1) is 19.7. The third-order valence-corrected chi connectivity index (χ3v) is 6.78. The molecule has 2 aromatic heterocycles. The molecule has 1 atom stereocenters.